The minimum absolute atomic E-state index is 0.00623. The van der Waals surface area contributed by atoms with E-state index in [0.717, 1.165) is 37.4 Å². The van der Waals surface area contributed by atoms with E-state index in [9.17, 15) is 4.79 Å². The first-order chi connectivity index (χ1) is 9.69. The summed E-state index contributed by atoms with van der Waals surface area (Å²) >= 11 is 0. The van der Waals surface area contributed by atoms with E-state index < -0.39 is 0 Å². The van der Waals surface area contributed by atoms with Crippen molar-refractivity contribution in [2.75, 3.05) is 6.54 Å². The fourth-order valence-electron chi connectivity index (χ4n) is 2.66. The van der Waals surface area contributed by atoms with Crippen molar-refractivity contribution >= 4 is 5.91 Å². The molecular formula is C14H18N4O2. The highest BCUT2D eigenvalue weighted by atomic mass is 16.5. The van der Waals surface area contributed by atoms with Gasteiger partial charge in [-0.2, -0.15) is 5.10 Å². The maximum absolute atomic E-state index is 12.6. The summed E-state index contributed by atoms with van der Waals surface area (Å²) in [4.78, 5) is 14.4. The van der Waals surface area contributed by atoms with Gasteiger partial charge in [-0.3, -0.25) is 9.48 Å². The molecule has 20 heavy (non-hydrogen) atoms. The molecule has 106 valence electrons. The molecule has 0 aromatic carbocycles. The van der Waals surface area contributed by atoms with Crippen molar-refractivity contribution in [2.45, 2.75) is 39.3 Å². The van der Waals surface area contributed by atoms with E-state index in [1.54, 1.807) is 10.7 Å². The number of likely N-dealkylation sites (tertiary alicyclic amines) is 1. The van der Waals surface area contributed by atoms with Gasteiger partial charge in [0.2, 0.25) is 0 Å². The number of aryl methyl sites for hydroxylation is 2. The van der Waals surface area contributed by atoms with E-state index in [1.807, 2.05) is 31.0 Å². The number of carbonyl (C=O) groups excluding carboxylic acids is 1. The second-order valence-corrected chi connectivity index (χ2v) is 5.08. The second-order valence-electron chi connectivity index (χ2n) is 5.08. The number of nitrogens with zero attached hydrogens (tertiary/aromatic N) is 4. The van der Waals surface area contributed by atoms with Crippen LogP contribution in [-0.2, 0) is 6.54 Å². The van der Waals surface area contributed by atoms with Crippen molar-refractivity contribution in [1.82, 2.24) is 19.8 Å². The lowest BCUT2D eigenvalue weighted by atomic mass is 10.1. The topological polar surface area (TPSA) is 64.2 Å². The third-order valence-corrected chi connectivity index (χ3v) is 3.69. The second kappa shape index (κ2) is 5.11. The summed E-state index contributed by atoms with van der Waals surface area (Å²) in [5.41, 5.74) is 1.34. The maximum atomic E-state index is 12.6. The summed E-state index contributed by atoms with van der Waals surface area (Å²) in [6.07, 6.45) is 3.74. The SMILES string of the molecule is CCn1ccc(C(=O)N2CCC[C@@H]2c2cc(C)on2)n1. The van der Waals surface area contributed by atoms with E-state index in [-0.39, 0.29) is 11.9 Å². The van der Waals surface area contributed by atoms with Crippen LogP contribution < -0.4 is 0 Å². The van der Waals surface area contributed by atoms with Gasteiger partial charge in [-0.1, -0.05) is 5.16 Å². The van der Waals surface area contributed by atoms with Crippen LogP contribution in [0.15, 0.2) is 22.9 Å². The molecule has 2 aromatic rings. The Hall–Kier alpha value is -2.11. The molecule has 0 radical (unpaired) electrons. The lowest BCUT2D eigenvalue weighted by molar-refractivity contribution is 0.0724. The van der Waals surface area contributed by atoms with Gasteiger partial charge in [-0.15, -0.1) is 0 Å². The van der Waals surface area contributed by atoms with Crippen LogP contribution in [0.3, 0.4) is 0 Å². The van der Waals surface area contributed by atoms with Crippen LogP contribution in [0.2, 0.25) is 0 Å². The van der Waals surface area contributed by atoms with Gasteiger partial charge in [-0.05, 0) is 32.8 Å². The van der Waals surface area contributed by atoms with Crippen molar-refractivity contribution in [3.05, 3.63) is 35.5 Å². The highest BCUT2D eigenvalue weighted by Crippen LogP contribution is 2.32. The fourth-order valence-corrected chi connectivity index (χ4v) is 2.66. The molecule has 6 nitrogen and oxygen atoms in total. The predicted molar refractivity (Wildman–Crippen MR) is 72.2 cm³/mol. The number of aromatic nitrogens is 3. The van der Waals surface area contributed by atoms with Crippen LogP contribution in [0.25, 0.3) is 0 Å². The Labute approximate surface area is 117 Å². The molecule has 2 aromatic heterocycles. The molecule has 1 amide bonds. The molecule has 3 rings (SSSR count). The van der Waals surface area contributed by atoms with Gasteiger partial charge in [0.1, 0.15) is 17.1 Å². The quantitative estimate of drug-likeness (QED) is 0.860. The van der Waals surface area contributed by atoms with E-state index in [0.29, 0.717) is 5.69 Å². The zero-order valence-electron chi connectivity index (χ0n) is 11.7. The number of amides is 1. The van der Waals surface area contributed by atoms with Gasteiger partial charge >= 0.3 is 0 Å². The van der Waals surface area contributed by atoms with Crippen LogP contribution in [-0.4, -0.2) is 32.3 Å². The van der Waals surface area contributed by atoms with Crippen molar-refractivity contribution in [3.63, 3.8) is 0 Å². The highest BCUT2D eigenvalue weighted by Gasteiger charge is 2.33. The predicted octanol–water partition coefficient (Wildman–Crippen LogP) is 2.18. The summed E-state index contributed by atoms with van der Waals surface area (Å²) in [6.45, 7) is 5.37. The Kier molecular flexibility index (Phi) is 3.30. The van der Waals surface area contributed by atoms with Crippen molar-refractivity contribution < 1.29 is 9.32 Å². The standard InChI is InChI=1S/C14H18N4O2/c1-3-17-8-6-11(15-17)14(19)18-7-4-5-13(18)12-9-10(2)20-16-12/h6,8-9,13H,3-5,7H2,1-2H3/t13-/m1/s1. The van der Waals surface area contributed by atoms with E-state index >= 15 is 0 Å². The van der Waals surface area contributed by atoms with Crippen LogP contribution >= 0.6 is 0 Å². The van der Waals surface area contributed by atoms with Gasteiger partial charge in [0, 0.05) is 25.4 Å². The third kappa shape index (κ3) is 2.21. The summed E-state index contributed by atoms with van der Waals surface area (Å²) in [5, 5.41) is 8.34. The fraction of sp³-hybridized carbons (Fsp3) is 0.500. The van der Waals surface area contributed by atoms with Crippen molar-refractivity contribution in [3.8, 4) is 0 Å². The first kappa shape index (κ1) is 12.9. The smallest absolute Gasteiger partial charge is 0.274 e. The largest absolute Gasteiger partial charge is 0.361 e. The monoisotopic (exact) mass is 274 g/mol. The molecule has 0 N–H and O–H groups in total. The molecule has 1 aliphatic rings. The summed E-state index contributed by atoms with van der Waals surface area (Å²) in [7, 11) is 0. The number of hydrogen-bond donors (Lipinski definition) is 0. The van der Waals surface area contributed by atoms with Crippen LogP contribution in [0.1, 0.15) is 47.7 Å². The molecule has 0 spiro atoms. The van der Waals surface area contributed by atoms with Crippen molar-refractivity contribution in [2.24, 2.45) is 0 Å². The summed E-state index contributed by atoms with van der Waals surface area (Å²) in [6, 6.07) is 3.68. The molecular weight excluding hydrogens is 256 g/mol. The maximum Gasteiger partial charge on any atom is 0.274 e. The van der Waals surface area contributed by atoms with Crippen molar-refractivity contribution in [1.29, 1.82) is 0 Å². The van der Waals surface area contributed by atoms with Crippen LogP contribution in [0.5, 0.6) is 0 Å². The van der Waals surface area contributed by atoms with Gasteiger partial charge in [0.05, 0.1) is 6.04 Å². The Balaban J connectivity index is 1.83. The van der Waals surface area contributed by atoms with Gasteiger partial charge in [-0.25, -0.2) is 0 Å². The Morgan fingerprint density at radius 1 is 1.55 bits per heavy atom. The first-order valence-electron chi connectivity index (χ1n) is 6.96. The van der Waals surface area contributed by atoms with Gasteiger partial charge in [0.25, 0.3) is 5.91 Å². The van der Waals surface area contributed by atoms with Crippen LogP contribution in [0.4, 0.5) is 0 Å². The lowest BCUT2D eigenvalue weighted by Gasteiger charge is -2.21. The molecule has 0 bridgehead atoms. The first-order valence-corrected chi connectivity index (χ1v) is 6.96. The average molecular weight is 274 g/mol. The van der Waals surface area contributed by atoms with E-state index in [1.165, 1.54) is 0 Å². The molecule has 1 aliphatic heterocycles. The summed E-state index contributed by atoms with van der Waals surface area (Å²) in [5.74, 6) is 0.745. The normalized spacial score (nSPS) is 18.7. The molecule has 0 saturated carbocycles. The lowest BCUT2D eigenvalue weighted by Crippen LogP contribution is -2.31. The van der Waals surface area contributed by atoms with E-state index in [4.69, 9.17) is 4.52 Å². The molecule has 1 fully saturated rings. The average Bonchev–Trinajstić information content (AvgIpc) is 3.17. The Bertz CT molecular complexity index is 616. The molecule has 3 heterocycles. The number of carbonyl (C=O) groups is 1. The zero-order valence-corrected chi connectivity index (χ0v) is 11.7. The van der Waals surface area contributed by atoms with Gasteiger partial charge in [0.15, 0.2) is 0 Å². The minimum atomic E-state index is -0.0275. The Morgan fingerprint density at radius 3 is 3.05 bits per heavy atom. The zero-order chi connectivity index (χ0) is 14.1. The minimum Gasteiger partial charge on any atom is -0.361 e. The molecule has 0 unspecified atom stereocenters. The summed E-state index contributed by atoms with van der Waals surface area (Å²) < 4.78 is 6.89. The highest BCUT2D eigenvalue weighted by molar-refractivity contribution is 5.92. The number of rotatable bonds is 3. The third-order valence-electron chi connectivity index (χ3n) is 3.69. The molecule has 1 saturated heterocycles. The van der Waals surface area contributed by atoms with Gasteiger partial charge < -0.3 is 9.42 Å². The van der Waals surface area contributed by atoms with Crippen LogP contribution in [0, 0.1) is 6.92 Å². The molecule has 6 heteroatoms. The molecule has 0 aliphatic carbocycles. The number of hydrogen-bond acceptors (Lipinski definition) is 4. The Morgan fingerprint density at radius 2 is 2.40 bits per heavy atom. The van der Waals surface area contributed by atoms with E-state index in [2.05, 4.69) is 10.3 Å². The molecule has 1 atom stereocenters.